The SMILES string of the molecule is COc1ccc(F)c(F)c1C(=O)N1CCCC[C@@H]1CCn1ccnc1C. The summed E-state index contributed by atoms with van der Waals surface area (Å²) < 4.78 is 35.1. The molecule has 5 nitrogen and oxygen atoms in total. The molecule has 1 aromatic heterocycles. The molecule has 2 aromatic rings. The Morgan fingerprint density at radius 2 is 2.15 bits per heavy atom. The van der Waals surface area contributed by atoms with Crippen molar-refractivity contribution in [3.05, 3.63) is 47.5 Å². The van der Waals surface area contributed by atoms with Crippen molar-refractivity contribution in [3.8, 4) is 5.75 Å². The van der Waals surface area contributed by atoms with Crippen molar-refractivity contribution in [2.24, 2.45) is 0 Å². The van der Waals surface area contributed by atoms with Crippen LogP contribution in [0.5, 0.6) is 5.75 Å². The van der Waals surface area contributed by atoms with Crippen LogP contribution in [0, 0.1) is 18.6 Å². The first-order valence-corrected chi connectivity index (χ1v) is 8.83. The van der Waals surface area contributed by atoms with Gasteiger partial charge in [-0.15, -0.1) is 0 Å². The van der Waals surface area contributed by atoms with Crippen molar-refractivity contribution in [2.75, 3.05) is 13.7 Å². The van der Waals surface area contributed by atoms with E-state index in [-0.39, 0.29) is 17.4 Å². The van der Waals surface area contributed by atoms with Crippen LogP contribution in [0.2, 0.25) is 0 Å². The zero-order chi connectivity index (χ0) is 18.7. The van der Waals surface area contributed by atoms with Gasteiger partial charge in [-0.3, -0.25) is 4.79 Å². The van der Waals surface area contributed by atoms with E-state index >= 15 is 0 Å². The summed E-state index contributed by atoms with van der Waals surface area (Å²) in [4.78, 5) is 18.9. The van der Waals surface area contributed by atoms with Crippen LogP contribution in [0.3, 0.4) is 0 Å². The van der Waals surface area contributed by atoms with Gasteiger partial charge in [0.05, 0.1) is 7.11 Å². The molecular weight excluding hydrogens is 340 g/mol. The molecule has 0 bridgehead atoms. The van der Waals surface area contributed by atoms with Crippen LogP contribution < -0.4 is 4.74 Å². The van der Waals surface area contributed by atoms with Crippen LogP contribution >= 0.6 is 0 Å². The molecule has 0 unspecified atom stereocenters. The van der Waals surface area contributed by atoms with Crippen LogP contribution in [0.1, 0.15) is 41.9 Å². The zero-order valence-corrected chi connectivity index (χ0v) is 15.0. The summed E-state index contributed by atoms with van der Waals surface area (Å²) in [6.45, 7) is 3.19. The first-order valence-electron chi connectivity index (χ1n) is 8.83. The monoisotopic (exact) mass is 363 g/mol. The number of aryl methyl sites for hydroxylation is 2. The second kappa shape index (κ2) is 7.85. The molecule has 0 saturated carbocycles. The van der Waals surface area contributed by atoms with E-state index in [1.54, 1.807) is 11.1 Å². The quantitative estimate of drug-likeness (QED) is 0.816. The molecule has 7 heteroatoms. The van der Waals surface area contributed by atoms with Gasteiger partial charge in [-0.25, -0.2) is 13.8 Å². The van der Waals surface area contributed by atoms with Crippen molar-refractivity contribution < 1.29 is 18.3 Å². The topological polar surface area (TPSA) is 47.4 Å². The Balaban J connectivity index is 1.82. The lowest BCUT2D eigenvalue weighted by Gasteiger charge is -2.36. The maximum atomic E-state index is 14.3. The standard InChI is InChI=1S/C19H23F2N3O2/c1-13-22-9-12-23(13)11-8-14-5-3-4-10-24(14)19(25)17-16(26-2)7-6-15(20)18(17)21/h6-7,9,12,14H,3-5,8,10-11H2,1-2H3/t14-/m1/s1. The number of nitrogens with zero attached hydrogens (tertiary/aromatic N) is 3. The second-order valence-corrected chi connectivity index (χ2v) is 6.54. The number of likely N-dealkylation sites (tertiary alicyclic amines) is 1. The Hall–Kier alpha value is -2.44. The summed E-state index contributed by atoms with van der Waals surface area (Å²) in [6.07, 6.45) is 7.10. The molecule has 0 aliphatic carbocycles. The number of ether oxygens (including phenoxy) is 1. The first-order chi connectivity index (χ1) is 12.5. The van der Waals surface area contributed by atoms with E-state index in [0.717, 1.165) is 44.1 Å². The van der Waals surface area contributed by atoms with E-state index in [2.05, 4.69) is 4.98 Å². The van der Waals surface area contributed by atoms with Gasteiger partial charge in [0, 0.05) is 31.5 Å². The first kappa shape index (κ1) is 18.4. The number of rotatable bonds is 5. The maximum Gasteiger partial charge on any atom is 0.260 e. The predicted molar refractivity (Wildman–Crippen MR) is 93.2 cm³/mol. The van der Waals surface area contributed by atoms with Crippen molar-refractivity contribution in [1.82, 2.24) is 14.5 Å². The minimum Gasteiger partial charge on any atom is -0.496 e. The van der Waals surface area contributed by atoms with Crippen molar-refractivity contribution in [3.63, 3.8) is 0 Å². The van der Waals surface area contributed by atoms with Crippen LogP contribution in [-0.2, 0) is 6.54 Å². The average molecular weight is 363 g/mol. The largest absolute Gasteiger partial charge is 0.496 e. The number of carbonyl (C=O) groups excluding carboxylic acids is 1. The predicted octanol–water partition coefficient (Wildman–Crippen LogP) is 3.56. The van der Waals surface area contributed by atoms with Crippen LogP contribution in [-0.4, -0.2) is 40.1 Å². The number of methoxy groups -OCH3 is 1. The van der Waals surface area contributed by atoms with E-state index in [9.17, 15) is 13.6 Å². The van der Waals surface area contributed by atoms with Gasteiger partial charge in [0.15, 0.2) is 11.6 Å². The molecule has 1 aromatic carbocycles. The molecule has 1 fully saturated rings. The van der Waals surface area contributed by atoms with E-state index in [1.807, 2.05) is 17.7 Å². The van der Waals surface area contributed by atoms with Crippen molar-refractivity contribution in [1.29, 1.82) is 0 Å². The van der Waals surface area contributed by atoms with Crippen molar-refractivity contribution >= 4 is 5.91 Å². The van der Waals surface area contributed by atoms with Gasteiger partial charge in [0.1, 0.15) is 17.1 Å². The van der Waals surface area contributed by atoms with Gasteiger partial charge < -0.3 is 14.2 Å². The number of amides is 1. The number of hydrogen-bond acceptors (Lipinski definition) is 3. The highest BCUT2D eigenvalue weighted by Crippen LogP contribution is 2.29. The highest BCUT2D eigenvalue weighted by Gasteiger charge is 2.32. The highest BCUT2D eigenvalue weighted by molar-refractivity contribution is 5.97. The second-order valence-electron chi connectivity index (χ2n) is 6.54. The van der Waals surface area contributed by atoms with E-state index in [4.69, 9.17) is 4.74 Å². The Morgan fingerprint density at radius 1 is 1.35 bits per heavy atom. The summed E-state index contributed by atoms with van der Waals surface area (Å²) in [5.74, 6) is -1.73. The summed E-state index contributed by atoms with van der Waals surface area (Å²) in [7, 11) is 1.35. The molecule has 1 atom stereocenters. The summed E-state index contributed by atoms with van der Waals surface area (Å²) in [5, 5.41) is 0. The minimum absolute atomic E-state index is 0.0228. The fraction of sp³-hybridized carbons (Fsp3) is 0.474. The Labute approximate surface area is 151 Å². The minimum atomic E-state index is -1.15. The zero-order valence-electron chi connectivity index (χ0n) is 15.0. The molecule has 1 aliphatic rings. The van der Waals surface area contributed by atoms with E-state index < -0.39 is 17.5 Å². The molecule has 26 heavy (non-hydrogen) atoms. The molecule has 0 spiro atoms. The smallest absolute Gasteiger partial charge is 0.260 e. The van der Waals surface area contributed by atoms with Gasteiger partial charge in [-0.05, 0) is 44.7 Å². The van der Waals surface area contributed by atoms with Gasteiger partial charge in [0.2, 0.25) is 0 Å². The third-order valence-electron chi connectivity index (χ3n) is 5.01. The molecule has 3 rings (SSSR count). The molecule has 2 heterocycles. The van der Waals surface area contributed by atoms with Gasteiger partial charge in [-0.2, -0.15) is 0 Å². The van der Waals surface area contributed by atoms with Gasteiger partial charge in [-0.1, -0.05) is 0 Å². The number of halogens is 2. The Kier molecular flexibility index (Phi) is 5.54. The molecule has 1 amide bonds. The molecular formula is C19H23F2N3O2. The summed E-state index contributed by atoms with van der Waals surface area (Å²) >= 11 is 0. The van der Waals surface area contributed by atoms with Gasteiger partial charge >= 0.3 is 0 Å². The number of carbonyl (C=O) groups is 1. The molecule has 1 aliphatic heterocycles. The highest BCUT2D eigenvalue weighted by atomic mass is 19.2. The van der Waals surface area contributed by atoms with E-state index in [1.165, 1.54) is 13.2 Å². The van der Waals surface area contributed by atoms with Crippen LogP contribution in [0.15, 0.2) is 24.5 Å². The normalized spacial score (nSPS) is 17.4. The number of aromatic nitrogens is 2. The molecule has 0 N–H and O–H groups in total. The van der Waals surface area contributed by atoms with Gasteiger partial charge in [0.25, 0.3) is 5.91 Å². The average Bonchev–Trinajstić information content (AvgIpc) is 3.06. The van der Waals surface area contributed by atoms with Crippen molar-refractivity contribution in [2.45, 2.75) is 45.2 Å². The lowest BCUT2D eigenvalue weighted by molar-refractivity contribution is 0.0585. The lowest BCUT2D eigenvalue weighted by Crippen LogP contribution is -2.44. The number of benzene rings is 1. The summed E-state index contributed by atoms with van der Waals surface area (Å²) in [6, 6.07) is 2.24. The third kappa shape index (κ3) is 3.57. The van der Waals surface area contributed by atoms with Crippen LogP contribution in [0.4, 0.5) is 8.78 Å². The Bertz CT molecular complexity index is 791. The van der Waals surface area contributed by atoms with E-state index in [0.29, 0.717) is 6.54 Å². The number of hydrogen-bond donors (Lipinski definition) is 0. The fourth-order valence-electron chi connectivity index (χ4n) is 3.54. The third-order valence-corrected chi connectivity index (χ3v) is 5.01. The molecule has 140 valence electrons. The lowest BCUT2D eigenvalue weighted by atomic mass is 9.97. The molecule has 0 radical (unpaired) electrons. The Morgan fingerprint density at radius 3 is 2.85 bits per heavy atom. The van der Waals surface area contributed by atoms with Crippen LogP contribution in [0.25, 0.3) is 0 Å². The summed E-state index contributed by atoms with van der Waals surface area (Å²) in [5.41, 5.74) is -0.321. The maximum absolute atomic E-state index is 14.3. The fourth-order valence-corrected chi connectivity index (χ4v) is 3.54. The molecule has 1 saturated heterocycles. The number of piperidine rings is 1. The number of imidazole rings is 1.